The summed E-state index contributed by atoms with van der Waals surface area (Å²) in [5, 5.41) is 11.2. The summed E-state index contributed by atoms with van der Waals surface area (Å²) in [5.41, 5.74) is -0.238. The maximum atomic E-state index is 12.0. The van der Waals surface area contributed by atoms with Crippen LogP contribution in [0.15, 0.2) is 18.2 Å². The van der Waals surface area contributed by atoms with E-state index in [-0.39, 0.29) is 23.6 Å². The third-order valence-electron chi connectivity index (χ3n) is 2.97. The molecule has 0 heterocycles. The first-order chi connectivity index (χ1) is 10.6. The molecule has 23 heavy (non-hydrogen) atoms. The zero-order chi connectivity index (χ0) is 17.6. The maximum Gasteiger partial charge on any atom is 0.338 e. The van der Waals surface area contributed by atoms with Crippen LogP contribution >= 0.6 is 0 Å². The molecule has 1 rings (SSSR count). The van der Waals surface area contributed by atoms with E-state index in [1.54, 1.807) is 20.8 Å². The van der Waals surface area contributed by atoms with Crippen LogP contribution in [0.5, 0.6) is 0 Å². The largest absolute Gasteiger partial charge is 0.469 e. The zero-order valence-electron chi connectivity index (χ0n) is 13.8. The summed E-state index contributed by atoms with van der Waals surface area (Å²) in [7, 11) is 1.29. The van der Waals surface area contributed by atoms with Crippen LogP contribution in [0, 0.1) is 10.1 Å². The van der Waals surface area contributed by atoms with Gasteiger partial charge < -0.3 is 9.47 Å². The molecule has 1 aromatic rings. The van der Waals surface area contributed by atoms with Crippen molar-refractivity contribution in [1.29, 1.82) is 0 Å². The molecule has 0 saturated carbocycles. The Morgan fingerprint density at radius 2 is 1.91 bits per heavy atom. The minimum atomic E-state index is -0.676. The van der Waals surface area contributed by atoms with E-state index in [2.05, 4.69) is 4.74 Å². The average molecular weight is 323 g/mol. The lowest BCUT2D eigenvalue weighted by Crippen LogP contribution is -2.24. The number of rotatable bonds is 6. The second-order valence-corrected chi connectivity index (χ2v) is 6.03. The fourth-order valence-corrected chi connectivity index (χ4v) is 1.93. The molecule has 0 fully saturated rings. The number of ether oxygens (including phenoxy) is 2. The fourth-order valence-electron chi connectivity index (χ4n) is 1.93. The normalized spacial score (nSPS) is 11.0. The molecule has 0 spiro atoms. The maximum absolute atomic E-state index is 12.0. The number of nitro groups is 1. The Morgan fingerprint density at radius 1 is 1.26 bits per heavy atom. The van der Waals surface area contributed by atoms with E-state index in [4.69, 9.17) is 4.74 Å². The van der Waals surface area contributed by atoms with E-state index in [1.807, 2.05) is 0 Å². The van der Waals surface area contributed by atoms with Crippen LogP contribution in [-0.2, 0) is 20.7 Å². The van der Waals surface area contributed by atoms with E-state index in [1.165, 1.54) is 25.3 Å². The van der Waals surface area contributed by atoms with Crippen LogP contribution in [0.1, 0.15) is 49.5 Å². The standard InChI is InChI=1S/C16H21NO6/c1-16(2,3)23-15(19)12-9-8-11(13(10-12)17(20)21)6-5-7-14(18)22-4/h8-10H,5-7H2,1-4H3. The van der Waals surface area contributed by atoms with Gasteiger partial charge in [0.1, 0.15) is 5.60 Å². The molecular weight excluding hydrogens is 302 g/mol. The monoisotopic (exact) mass is 323 g/mol. The van der Waals surface area contributed by atoms with Gasteiger partial charge in [0.2, 0.25) is 0 Å². The molecular formula is C16H21NO6. The van der Waals surface area contributed by atoms with Gasteiger partial charge in [-0.2, -0.15) is 0 Å². The van der Waals surface area contributed by atoms with Gasteiger partial charge in [-0.15, -0.1) is 0 Å². The highest BCUT2D eigenvalue weighted by Gasteiger charge is 2.22. The van der Waals surface area contributed by atoms with E-state index in [0.29, 0.717) is 18.4 Å². The molecule has 0 unspecified atom stereocenters. The Morgan fingerprint density at radius 3 is 2.43 bits per heavy atom. The molecule has 0 atom stereocenters. The first kappa shape index (κ1) is 18.6. The summed E-state index contributed by atoms with van der Waals surface area (Å²) in [6, 6.07) is 4.23. The van der Waals surface area contributed by atoms with Crippen molar-refractivity contribution in [2.24, 2.45) is 0 Å². The molecule has 1 aromatic carbocycles. The lowest BCUT2D eigenvalue weighted by atomic mass is 10.0. The third-order valence-corrected chi connectivity index (χ3v) is 2.97. The highest BCUT2D eigenvalue weighted by atomic mass is 16.6. The number of aryl methyl sites for hydroxylation is 1. The van der Waals surface area contributed by atoms with Crippen LogP contribution in [0.4, 0.5) is 5.69 Å². The molecule has 0 aromatic heterocycles. The van der Waals surface area contributed by atoms with Gasteiger partial charge >= 0.3 is 11.9 Å². The number of hydrogen-bond acceptors (Lipinski definition) is 6. The number of methoxy groups -OCH3 is 1. The summed E-state index contributed by atoms with van der Waals surface area (Å²) in [4.78, 5) is 33.7. The number of benzene rings is 1. The molecule has 126 valence electrons. The van der Waals surface area contributed by atoms with Crippen LogP contribution in [0.3, 0.4) is 0 Å². The smallest absolute Gasteiger partial charge is 0.338 e. The van der Waals surface area contributed by atoms with Crippen LogP contribution in [-0.4, -0.2) is 29.6 Å². The van der Waals surface area contributed by atoms with E-state index < -0.39 is 16.5 Å². The Kier molecular flexibility index (Phi) is 6.24. The summed E-state index contributed by atoms with van der Waals surface area (Å²) in [6.07, 6.45) is 0.959. The quantitative estimate of drug-likeness (QED) is 0.453. The lowest BCUT2D eigenvalue weighted by Gasteiger charge is -2.19. The van der Waals surface area contributed by atoms with Crippen LogP contribution in [0.25, 0.3) is 0 Å². The molecule has 0 N–H and O–H groups in total. The molecule has 0 aliphatic rings. The Hall–Kier alpha value is -2.44. The average Bonchev–Trinajstić information content (AvgIpc) is 2.45. The van der Waals surface area contributed by atoms with Crippen molar-refractivity contribution in [3.63, 3.8) is 0 Å². The molecule has 7 nitrogen and oxygen atoms in total. The van der Waals surface area contributed by atoms with Gasteiger partial charge in [-0.3, -0.25) is 14.9 Å². The van der Waals surface area contributed by atoms with Gasteiger partial charge in [0.05, 0.1) is 17.6 Å². The predicted octanol–water partition coefficient (Wildman–Crippen LogP) is 3.05. The van der Waals surface area contributed by atoms with Crippen molar-refractivity contribution in [2.75, 3.05) is 7.11 Å². The molecule has 0 amide bonds. The van der Waals surface area contributed by atoms with Gasteiger partial charge in [-0.1, -0.05) is 6.07 Å². The Bertz CT molecular complexity index is 603. The topological polar surface area (TPSA) is 95.7 Å². The van der Waals surface area contributed by atoms with E-state index in [9.17, 15) is 19.7 Å². The second-order valence-electron chi connectivity index (χ2n) is 6.03. The van der Waals surface area contributed by atoms with Crippen molar-refractivity contribution in [3.05, 3.63) is 39.4 Å². The summed E-state index contributed by atoms with van der Waals surface area (Å²) in [6.45, 7) is 5.17. The van der Waals surface area contributed by atoms with Gasteiger partial charge in [0.15, 0.2) is 0 Å². The number of hydrogen-bond donors (Lipinski definition) is 0. The van der Waals surface area contributed by atoms with E-state index >= 15 is 0 Å². The summed E-state index contributed by atoms with van der Waals surface area (Å²) < 4.78 is 9.73. The van der Waals surface area contributed by atoms with Crippen LogP contribution < -0.4 is 0 Å². The van der Waals surface area contributed by atoms with Gasteiger partial charge in [-0.05, 0) is 39.7 Å². The van der Waals surface area contributed by atoms with Crippen LogP contribution in [0.2, 0.25) is 0 Å². The number of esters is 2. The highest BCUT2D eigenvalue weighted by molar-refractivity contribution is 5.90. The summed E-state index contributed by atoms with van der Waals surface area (Å²) in [5.74, 6) is -0.972. The molecule has 0 aliphatic carbocycles. The van der Waals surface area contributed by atoms with Crippen molar-refractivity contribution >= 4 is 17.6 Å². The summed E-state index contributed by atoms with van der Waals surface area (Å²) >= 11 is 0. The van der Waals surface area contributed by atoms with Crippen molar-refractivity contribution in [1.82, 2.24) is 0 Å². The second kappa shape index (κ2) is 7.71. The molecule has 0 radical (unpaired) electrons. The van der Waals surface area contributed by atoms with Crippen molar-refractivity contribution < 1.29 is 24.0 Å². The Balaban J connectivity index is 2.92. The molecule has 0 aliphatic heterocycles. The number of carbonyl (C=O) groups is 2. The number of carbonyl (C=O) groups excluding carboxylic acids is 2. The molecule has 7 heteroatoms. The van der Waals surface area contributed by atoms with E-state index in [0.717, 1.165) is 0 Å². The predicted molar refractivity (Wildman–Crippen MR) is 83.2 cm³/mol. The number of nitrogens with zero attached hydrogens (tertiary/aromatic N) is 1. The lowest BCUT2D eigenvalue weighted by molar-refractivity contribution is -0.385. The third kappa shape index (κ3) is 6.06. The zero-order valence-corrected chi connectivity index (χ0v) is 13.8. The minimum absolute atomic E-state index is 0.128. The van der Waals surface area contributed by atoms with Crippen molar-refractivity contribution in [3.8, 4) is 0 Å². The first-order valence-corrected chi connectivity index (χ1v) is 7.21. The van der Waals surface area contributed by atoms with Gasteiger partial charge in [0, 0.05) is 18.1 Å². The highest BCUT2D eigenvalue weighted by Crippen LogP contribution is 2.24. The van der Waals surface area contributed by atoms with Gasteiger partial charge in [0.25, 0.3) is 5.69 Å². The molecule has 0 saturated heterocycles. The van der Waals surface area contributed by atoms with Crippen molar-refractivity contribution in [2.45, 2.75) is 45.6 Å². The fraction of sp³-hybridized carbons (Fsp3) is 0.500. The Labute approximate surface area is 134 Å². The molecule has 0 bridgehead atoms. The number of nitro benzene ring substituents is 1. The minimum Gasteiger partial charge on any atom is -0.469 e. The van der Waals surface area contributed by atoms with Gasteiger partial charge in [-0.25, -0.2) is 4.79 Å². The first-order valence-electron chi connectivity index (χ1n) is 7.21. The SMILES string of the molecule is COC(=O)CCCc1ccc(C(=O)OC(C)(C)C)cc1[N+](=O)[O-].